The third-order valence-corrected chi connectivity index (χ3v) is 1.31. The van der Waals surface area contributed by atoms with Gasteiger partial charge >= 0.3 is 0 Å². The van der Waals surface area contributed by atoms with E-state index in [-0.39, 0.29) is 0 Å². The molecule has 0 unspecified atom stereocenters. The zero-order valence-corrected chi connectivity index (χ0v) is 7.63. The number of likely N-dealkylation sites (tertiary alicyclic amines) is 1. The Hall–Kier alpha value is -0.570. The van der Waals surface area contributed by atoms with Crippen LogP contribution in [0.3, 0.4) is 0 Å². The van der Waals surface area contributed by atoms with Crippen molar-refractivity contribution in [2.24, 2.45) is 5.73 Å². The van der Waals surface area contributed by atoms with Gasteiger partial charge in [-0.2, -0.15) is 0 Å². The Kier molecular flexibility index (Phi) is 4.86. The second-order valence-corrected chi connectivity index (χ2v) is 3.16. The Morgan fingerprint density at radius 1 is 1.55 bits per heavy atom. The van der Waals surface area contributed by atoms with Gasteiger partial charge in [0.2, 0.25) is 5.91 Å². The molecule has 1 fully saturated rings. The maximum Gasteiger partial charge on any atom is 0.222 e. The van der Waals surface area contributed by atoms with Crippen LogP contribution in [0, 0.1) is 0 Å². The summed E-state index contributed by atoms with van der Waals surface area (Å²) >= 11 is 0. The number of hydrogen-bond acceptors (Lipinski definition) is 2. The molecule has 0 aromatic heterocycles. The fourth-order valence-electron chi connectivity index (χ4n) is 0.783. The molecule has 0 bridgehead atoms. The molecule has 1 aliphatic rings. The topological polar surface area (TPSA) is 46.3 Å². The zero-order valence-electron chi connectivity index (χ0n) is 7.63. The van der Waals surface area contributed by atoms with Crippen molar-refractivity contribution in [3.8, 4) is 0 Å². The molecule has 1 heterocycles. The lowest BCUT2D eigenvalue weighted by atomic mass is 10.4. The highest BCUT2D eigenvalue weighted by Crippen LogP contribution is 2.04. The molecular weight excluding hydrogens is 140 g/mol. The first-order valence-corrected chi connectivity index (χ1v) is 4.03. The molecule has 11 heavy (non-hydrogen) atoms. The SMILES string of the molecule is CC(C)N.CN1CCCC1=O. The van der Waals surface area contributed by atoms with Crippen LogP contribution in [0.1, 0.15) is 26.7 Å². The molecule has 0 aromatic rings. The van der Waals surface area contributed by atoms with Gasteiger partial charge in [-0.3, -0.25) is 4.79 Å². The fourth-order valence-corrected chi connectivity index (χ4v) is 0.783. The summed E-state index contributed by atoms with van der Waals surface area (Å²) < 4.78 is 0. The van der Waals surface area contributed by atoms with Crippen molar-refractivity contribution in [1.82, 2.24) is 4.90 Å². The summed E-state index contributed by atoms with van der Waals surface area (Å²) in [6.07, 6.45) is 1.81. The normalized spacial score (nSPS) is 16.8. The highest BCUT2D eigenvalue weighted by molar-refractivity contribution is 5.77. The third kappa shape index (κ3) is 5.85. The molecular formula is C8H18N2O. The van der Waals surface area contributed by atoms with E-state index in [0.29, 0.717) is 11.9 Å². The summed E-state index contributed by atoms with van der Waals surface area (Å²) in [5, 5.41) is 0. The molecule has 66 valence electrons. The van der Waals surface area contributed by atoms with Crippen LogP contribution in [-0.4, -0.2) is 30.4 Å². The lowest BCUT2D eigenvalue weighted by Crippen LogP contribution is -2.17. The molecule has 0 saturated carbocycles. The molecule has 0 aromatic carbocycles. The highest BCUT2D eigenvalue weighted by Gasteiger charge is 2.14. The van der Waals surface area contributed by atoms with E-state index in [0.717, 1.165) is 19.4 Å². The standard InChI is InChI=1S/C5H9NO.C3H9N/c1-6-4-2-3-5(6)7;1-3(2)4/h2-4H2,1H3;3H,4H2,1-2H3. The zero-order chi connectivity index (χ0) is 8.85. The summed E-state index contributed by atoms with van der Waals surface area (Å²) in [5.41, 5.74) is 5.11. The Morgan fingerprint density at radius 3 is 2.09 bits per heavy atom. The van der Waals surface area contributed by atoms with Crippen molar-refractivity contribution in [3.05, 3.63) is 0 Å². The highest BCUT2D eigenvalue weighted by atomic mass is 16.2. The Bertz CT molecular complexity index is 121. The summed E-state index contributed by atoms with van der Waals surface area (Å²) in [6, 6.07) is 0.333. The van der Waals surface area contributed by atoms with Crippen molar-refractivity contribution >= 4 is 5.91 Å². The Labute approximate surface area is 68.6 Å². The maximum atomic E-state index is 10.5. The van der Waals surface area contributed by atoms with E-state index in [1.54, 1.807) is 4.90 Å². The van der Waals surface area contributed by atoms with Crippen LogP contribution in [0.15, 0.2) is 0 Å². The lowest BCUT2D eigenvalue weighted by Gasteiger charge is -2.03. The van der Waals surface area contributed by atoms with Gasteiger partial charge in [-0.25, -0.2) is 0 Å². The molecule has 1 rings (SSSR count). The number of nitrogens with zero attached hydrogens (tertiary/aromatic N) is 1. The van der Waals surface area contributed by atoms with Crippen LogP contribution in [0.25, 0.3) is 0 Å². The van der Waals surface area contributed by atoms with Gasteiger partial charge in [-0.15, -0.1) is 0 Å². The molecule has 1 saturated heterocycles. The number of carbonyl (C=O) groups is 1. The first-order valence-electron chi connectivity index (χ1n) is 4.03. The van der Waals surface area contributed by atoms with Crippen LogP contribution in [-0.2, 0) is 4.79 Å². The molecule has 3 nitrogen and oxygen atoms in total. The van der Waals surface area contributed by atoms with Crippen molar-refractivity contribution in [3.63, 3.8) is 0 Å². The molecule has 1 amide bonds. The second-order valence-electron chi connectivity index (χ2n) is 3.16. The quantitative estimate of drug-likeness (QED) is 0.561. The smallest absolute Gasteiger partial charge is 0.222 e. The first kappa shape index (κ1) is 10.4. The van der Waals surface area contributed by atoms with E-state index >= 15 is 0 Å². The second kappa shape index (κ2) is 5.13. The summed E-state index contributed by atoms with van der Waals surface area (Å²) in [5.74, 6) is 0.292. The van der Waals surface area contributed by atoms with Gasteiger partial charge in [0.05, 0.1) is 0 Å². The molecule has 0 radical (unpaired) electrons. The van der Waals surface area contributed by atoms with Gasteiger partial charge in [-0.1, -0.05) is 13.8 Å². The van der Waals surface area contributed by atoms with E-state index in [2.05, 4.69) is 0 Å². The molecule has 3 heteroatoms. The molecule has 1 aliphatic heterocycles. The molecule has 2 N–H and O–H groups in total. The van der Waals surface area contributed by atoms with Gasteiger partial charge in [0.15, 0.2) is 0 Å². The van der Waals surface area contributed by atoms with Crippen molar-refractivity contribution < 1.29 is 4.79 Å². The van der Waals surface area contributed by atoms with E-state index in [4.69, 9.17) is 5.73 Å². The van der Waals surface area contributed by atoms with Crippen molar-refractivity contribution in [2.45, 2.75) is 32.7 Å². The van der Waals surface area contributed by atoms with E-state index < -0.39 is 0 Å². The number of carbonyl (C=O) groups excluding carboxylic acids is 1. The summed E-state index contributed by atoms with van der Waals surface area (Å²) in [7, 11) is 1.84. The van der Waals surface area contributed by atoms with Crippen LogP contribution < -0.4 is 5.73 Å². The number of amides is 1. The number of nitrogens with two attached hydrogens (primary N) is 1. The average molecular weight is 158 g/mol. The van der Waals surface area contributed by atoms with E-state index in [1.165, 1.54) is 0 Å². The minimum atomic E-state index is 0.292. The predicted octanol–water partition coefficient (Wildman–Crippen LogP) is 0.592. The largest absolute Gasteiger partial charge is 0.346 e. The van der Waals surface area contributed by atoms with Crippen LogP contribution in [0.5, 0.6) is 0 Å². The Balaban J connectivity index is 0.000000218. The van der Waals surface area contributed by atoms with Gasteiger partial charge < -0.3 is 10.6 Å². The minimum absolute atomic E-state index is 0.292. The summed E-state index contributed by atoms with van der Waals surface area (Å²) in [4.78, 5) is 12.3. The lowest BCUT2D eigenvalue weighted by molar-refractivity contribution is -0.126. The van der Waals surface area contributed by atoms with Crippen LogP contribution >= 0.6 is 0 Å². The maximum absolute atomic E-state index is 10.5. The van der Waals surface area contributed by atoms with Crippen molar-refractivity contribution in [2.75, 3.05) is 13.6 Å². The van der Waals surface area contributed by atoms with E-state index in [1.807, 2.05) is 20.9 Å². The average Bonchev–Trinajstić information content (AvgIpc) is 2.15. The van der Waals surface area contributed by atoms with Gasteiger partial charge in [0.25, 0.3) is 0 Å². The molecule has 0 aliphatic carbocycles. The van der Waals surface area contributed by atoms with E-state index in [9.17, 15) is 4.79 Å². The van der Waals surface area contributed by atoms with Crippen LogP contribution in [0.4, 0.5) is 0 Å². The number of hydrogen-bond donors (Lipinski definition) is 1. The number of rotatable bonds is 0. The van der Waals surface area contributed by atoms with Gasteiger partial charge in [0.1, 0.15) is 0 Å². The van der Waals surface area contributed by atoms with Crippen LogP contribution in [0.2, 0.25) is 0 Å². The third-order valence-electron chi connectivity index (χ3n) is 1.31. The first-order chi connectivity index (χ1) is 5.04. The molecule has 0 spiro atoms. The monoisotopic (exact) mass is 158 g/mol. The Morgan fingerprint density at radius 2 is 2.00 bits per heavy atom. The minimum Gasteiger partial charge on any atom is -0.346 e. The summed E-state index contributed by atoms with van der Waals surface area (Å²) in [6.45, 7) is 4.85. The molecule has 0 atom stereocenters. The van der Waals surface area contributed by atoms with Gasteiger partial charge in [-0.05, 0) is 12.5 Å². The predicted molar refractivity (Wildman–Crippen MR) is 46.2 cm³/mol. The van der Waals surface area contributed by atoms with Crippen molar-refractivity contribution in [1.29, 1.82) is 0 Å². The fraction of sp³-hybridized carbons (Fsp3) is 0.875. The van der Waals surface area contributed by atoms with Gasteiger partial charge in [0, 0.05) is 20.0 Å².